The predicted molar refractivity (Wildman–Crippen MR) is 63.9 cm³/mol. The largest absolute Gasteiger partial charge is 0.368 e. The van der Waals surface area contributed by atoms with Crippen molar-refractivity contribution >= 4 is 30.0 Å². The van der Waals surface area contributed by atoms with Crippen molar-refractivity contribution in [2.24, 2.45) is 27.3 Å². The molecule has 0 aliphatic rings. The third-order valence-corrected chi connectivity index (χ3v) is 1.47. The summed E-state index contributed by atoms with van der Waals surface area (Å²) in [5.41, 5.74) is 12.8. The standard InChI is InChI=1S/C8H11FN6.ClH/c9-5-3-1-2-4-6(5)13-7(10)14-8(11)15-12;/h1-4H,12H2,(H5,10,11,13,14,15);1H. The molecule has 0 heterocycles. The summed E-state index contributed by atoms with van der Waals surface area (Å²) < 4.78 is 13.1. The molecule has 1 aromatic carbocycles. The lowest BCUT2D eigenvalue weighted by atomic mass is 10.3. The van der Waals surface area contributed by atoms with Gasteiger partial charge >= 0.3 is 0 Å². The van der Waals surface area contributed by atoms with E-state index in [-0.39, 0.29) is 30.0 Å². The van der Waals surface area contributed by atoms with Gasteiger partial charge in [0.05, 0.1) is 0 Å². The summed E-state index contributed by atoms with van der Waals surface area (Å²) in [5.74, 6) is 4.17. The van der Waals surface area contributed by atoms with Crippen LogP contribution in [0.5, 0.6) is 0 Å². The third-order valence-electron chi connectivity index (χ3n) is 1.47. The fourth-order valence-corrected chi connectivity index (χ4v) is 0.846. The van der Waals surface area contributed by atoms with Gasteiger partial charge in [0.1, 0.15) is 11.5 Å². The van der Waals surface area contributed by atoms with Gasteiger partial charge in [-0.25, -0.2) is 15.2 Å². The third kappa shape index (κ3) is 4.11. The van der Waals surface area contributed by atoms with Crippen LogP contribution in [0.3, 0.4) is 0 Å². The first-order valence-electron chi connectivity index (χ1n) is 4.03. The number of para-hydroxylation sites is 1. The van der Waals surface area contributed by atoms with E-state index < -0.39 is 5.82 Å². The number of hydrogen-bond donors (Lipinski definition) is 4. The monoisotopic (exact) mass is 246 g/mol. The summed E-state index contributed by atoms with van der Waals surface area (Å²) in [5, 5.41) is 0. The van der Waals surface area contributed by atoms with Crippen molar-refractivity contribution in [2.75, 3.05) is 0 Å². The fraction of sp³-hybridized carbons (Fsp3) is 0. The number of hydrazine groups is 1. The van der Waals surface area contributed by atoms with E-state index in [0.717, 1.165) is 0 Å². The van der Waals surface area contributed by atoms with E-state index in [1.54, 1.807) is 12.1 Å². The summed E-state index contributed by atoms with van der Waals surface area (Å²) in [6.07, 6.45) is 0. The molecule has 0 spiro atoms. The van der Waals surface area contributed by atoms with Crippen molar-refractivity contribution in [3.8, 4) is 0 Å². The van der Waals surface area contributed by atoms with Crippen molar-refractivity contribution in [1.82, 2.24) is 5.43 Å². The summed E-state index contributed by atoms with van der Waals surface area (Å²) >= 11 is 0. The van der Waals surface area contributed by atoms with Crippen LogP contribution in [-0.4, -0.2) is 11.9 Å². The van der Waals surface area contributed by atoms with Crippen LogP contribution in [0.25, 0.3) is 0 Å². The minimum Gasteiger partial charge on any atom is -0.368 e. The van der Waals surface area contributed by atoms with Crippen LogP contribution >= 0.6 is 12.4 Å². The summed E-state index contributed by atoms with van der Waals surface area (Å²) in [6.45, 7) is 0. The highest BCUT2D eigenvalue weighted by Crippen LogP contribution is 2.15. The zero-order chi connectivity index (χ0) is 11.3. The zero-order valence-corrected chi connectivity index (χ0v) is 9.04. The fourth-order valence-electron chi connectivity index (χ4n) is 0.846. The summed E-state index contributed by atoms with van der Waals surface area (Å²) in [4.78, 5) is 7.25. The number of halogens is 2. The normalized spacial score (nSPS) is 11.9. The maximum absolute atomic E-state index is 13.1. The topological polar surface area (TPSA) is 115 Å². The molecule has 0 saturated carbocycles. The van der Waals surface area contributed by atoms with Gasteiger partial charge in [-0.3, -0.25) is 5.43 Å². The number of hydrogen-bond acceptors (Lipinski definition) is 2. The van der Waals surface area contributed by atoms with Gasteiger partial charge in [-0.15, -0.1) is 12.4 Å². The Morgan fingerprint density at radius 3 is 2.44 bits per heavy atom. The van der Waals surface area contributed by atoms with Crippen molar-refractivity contribution in [3.05, 3.63) is 30.1 Å². The number of nitrogens with two attached hydrogens (primary N) is 3. The molecule has 8 heteroatoms. The number of rotatable bonds is 1. The maximum Gasteiger partial charge on any atom is 0.223 e. The van der Waals surface area contributed by atoms with Crippen molar-refractivity contribution in [3.63, 3.8) is 0 Å². The number of guanidine groups is 2. The minimum absolute atomic E-state index is 0. The Labute approximate surface area is 97.8 Å². The Hall–Kier alpha value is -1.86. The van der Waals surface area contributed by atoms with E-state index in [9.17, 15) is 4.39 Å². The minimum atomic E-state index is -0.491. The van der Waals surface area contributed by atoms with E-state index >= 15 is 0 Å². The van der Waals surface area contributed by atoms with Crippen molar-refractivity contribution in [1.29, 1.82) is 0 Å². The average molecular weight is 247 g/mol. The highest BCUT2D eigenvalue weighted by molar-refractivity contribution is 5.94. The number of benzene rings is 1. The van der Waals surface area contributed by atoms with Crippen LogP contribution < -0.4 is 22.7 Å². The van der Waals surface area contributed by atoms with Gasteiger partial charge in [0, 0.05) is 0 Å². The molecule has 6 nitrogen and oxygen atoms in total. The molecule has 7 N–H and O–H groups in total. The lowest BCUT2D eigenvalue weighted by Crippen LogP contribution is -2.38. The molecule has 16 heavy (non-hydrogen) atoms. The lowest BCUT2D eigenvalue weighted by Gasteiger charge is -1.98. The number of nitrogens with one attached hydrogen (secondary N) is 1. The first-order chi connectivity index (χ1) is 7.13. The zero-order valence-electron chi connectivity index (χ0n) is 8.22. The van der Waals surface area contributed by atoms with E-state index in [2.05, 4.69) is 15.4 Å². The van der Waals surface area contributed by atoms with Crippen LogP contribution in [0.4, 0.5) is 10.1 Å². The Morgan fingerprint density at radius 2 is 1.88 bits per heavy atom. The van der Waals surface area contributed by atoms with Gasteiger partial charge in [-0.05, 0) is 12.1 Å². The molecule has 0 aliphatic carbocycles. The smallest absolute Gasteiger partial charge is 0.223 e. The molecule has 88 valence electrons. The molecular formula is C8H12ClFN6. The highest BCUT2D eigenvalue weighted by Gasteiger charge is 1.99. The highest BCUT2D eigenvalue weighted by atomic mass is 35.5. The number of aliphatic imine (C=N–C) groups is 2. The van der Waals surface area contributed by atoms with Gasteiger partial charge in [-0.2, -0.15) is 4.99 Å². The van der Waals surface area contributed by atoms with Gasteiger partial charge in [0.15, 0.2) is 0 Å². The Kier molecular flexibility index (Phi) is 5.83. The molecule has 1 rings (SSSR count). The van der Waals surface area contributed by atoms with Crippen LogP contribution in [0.2, 0.25) is 0 Å². The van der Waals surface area contributed by atoms with Gasteiger partial charge in [0.2, 0.25) is 11.9 Å². The van der Waals surface area contributed by atoms with Crippen molar-refractivity contribution < 1.29 is 4.39 Å². The molecule has 0 fully saturated rings. The van der Waals surface area contributed by atoms with E-state index in [0.29, 0.717) is 0 Å². The number of nitrogens with zero attached hydrogens (tertiary/aromatic N) is 2. The van der Waals surface area contributed by atoms with E-state index in [4.69, 9.17) is 17.3 Å². The second kappa shape index (κ2) is 6.59. The Morgan fingerprint density at radius 1 is 1.25 bits per heavy atom. The molecule has 1 aromatic rings. The van der Waals surface area contributed by atoms with Crippen LogP contribution in [-0.2, 0) is 0 Å². The van der Waals surface area contributed by atoms with E-state index in [1.807, 2.05) is 0 Å². The molecule has 0 amide bonds. The second-order valence-corrected chi connectivity index (χ2v) is 2.56. The Balaban J connectivity index is 0.00000225. The maximum atomic E-state index is 13.1. The molecular weight excluding hydrogens is 235 g/mol. The lowest BCUT2D eigenvalue weighted by molar-refractivity contribution is 0.630. The van der Waals surface area contributed by atoms with E-state index in [1.165, 1.54) is 12.1 Å². The molecule has 0 saturated heterocycles. The molecule has 0 aliphatic heterocycles. The molecule has 0 atom stereocenters. The van der Waals surface area contributed by atoms with Gasteiger partial charge in [-0.1, -0.05) is 12.1 Å². The second-order valence-electron chi connectivity index (χ2n) is 2.56. The summed E-state index contributed by atoms with van der Waals surface area (Å²) in [6, 6.07) is 5.90. The molecule has 0 bridgehead atoms. The molecule has 0 aromatic heterocycles. The molecule has 0 radical (unpaired) electrons. The molecule has 0 unspecified atom stereocenters. The average Bonchev–Trinajstić information content (AvgIpc) is 2.21. The predicted octanol–water partition coefficient (Wildman–Crippen LogP) is -0.0283. The quantitative estimate of drug-likeness (QED) is 0.241. The van der Waals surface area contributed by atoms with Crippen molar-refractivity contribution in [2.45, 2.75) is 0 Å². The van der Waals surface area contributed by atoms with Gasteiger partial charge in [0.25, 0.3) is 0 Å². The summed E-state index contributed by atoms with van der Waals surface area (Å²) in [7, 11) is 0. The first-order valence-corrected chi connectivity index (χ1v) is 4.03. The first kappa shape index (κ1) is 14.1. The SMILES string of the molecule is Cl.NN/C(N)=N/C(N)=Nc1ccccc1F. The van der Waals surface area contributed by atoms with Gasteiger partial charge < -0.3 is 11.5 Å². The Bertz CT molecular complexity index is 405. The van der Waals surface area contributed by atoms with Crippen LogP contribution in [0, 0.1) is 5.82 Å². The van der Waals surface area contributed by atoms with Crippen LogP contribution in [0.15, 0.2) is 34.3 Å². The van der Waals surface area contributed by atoms with Crippen LogP contribution in [0.1, 0.15) is 0 Å².